The van der Waals surface area contributed by atoms with Gasteiger partial charge in [-0.05, 0) is 10.8 Å². The van der Waals surface area contributed by atoms with Crippen LogP contribution in [0.4, 0.5) is 0 Å². The molecule has 0 atom stereocenters. The molecule has 0 spiro atoms. The Morgan fingerprint density at radius 3 is 0.944 bits per heavy atom. The third-order valence-electron chi connectivity index (χ3n) is 5.14. The Morgan fingerprint density at radius 1 is 0.389 bits per heavy atom. The van der Waals surface area contributed by atoms with E-state index in [4.69, 9.17) is 0 Å². The molecule has 9 nitrogen and oxygen atoms in total. The summed E-state index contributed by atoms with van der Waals surface area (Å²) in [6.07, 6.45) is 0. The fourth-order valence-electron chi connectivity index (χ4n) is 3.66. The van der Waals surface area contributed by atoms with Gasteiger partial charge >= 0.3 is 23.9 Å². The first-order chi connectivity index (χ1) is 17.1. The molecule has 0 saturated heterocycles. The summed E-state index contributed by atoms with van der Waals surface area (Å²) in [4.78, 5) is 57.3. The first kappa shape index (κ1) is 25.3. The van der Waals surface area contributed by atoms with Crippen molar-refractivity contribution in [3.05, 3.63) is 118 Å². The van der Waals surface area contributed by atoms with Gasteiger partial charge in [-0.15, -0.1) is 0 Å². The van der Waals surface area contributed by atoms with E-state index in [1.165, 1.54) is 24.3 Å². The summed E-state index contributed by atoms with van der Waals surface area (Å²) in [6, 6.07) is 23.9. The summed E-state index contributed by atoms with van der Waals surface area (Å²) in [6.45, 7) is 0. The lowest BCUT2D eigenvalue weighted by Crippen LogP contribution is -2.20. The number of fused-ring (bicyclic) bond motifs is 1. The molecule has 4 aromatic rings. The van der Waals surface area contributed by atoms with Crippen molar-refractivity contribution in [1.29, 1.82) is 0 Å². The Hall–Kier alpha value is -5.31. The Kier molecular flexibility index (Phi) is 7.56. The second-order valence-corrected chi connectivity index (χ2v) is 7.33. The van der Waals surface area contributed by atoms with Crippen molar-refractivity contribution in [3.8, 4) is 0 Å². The maximum absolute atomic E-state index is 11.8. The average Bonchev–Trinajstić information content (AvgIpc) is 2.87. The Labute approximate surface area is 203 Å². The van der Waals surface area contributed by atoms with Gasteiger partial charge in [-0.3, -0.25) is 4.79 Å². The third-order valence-corrected chi connectivity index (χ3v) is 5.14. The van der Waals surface area contributed by atoms with Crippen LogP contribution in [0.2, 0.25) is 0 Å². The highest BCUT2D eigenvalue weighted by molar-refractivity contribution is 6.23. The van der Waals surface area contributed by atoms with Gasteiger partial charge in [0.25, 0.3) is 0 Å². The van der Waals surface area contributed by atoms with Gasteiger partial charge < -0.3 is 20.4 Å². The molecule has 0 aliphatic heterocycles. The number of benzene rings is 4. The number of aromatic carboxylic acids is 4. The quantitative estimate of drug-likeness (QED) is 0.286. The van der Waals surface area contributed by atoms with E-state index in [1.807, 2.05) is 60.7 Å². The van der Waals surface area contributed by atoms with Crippen molar-refractivity contribution in [1.82, 2.24) is 0 Å². The Bertz CT molecular complexity index is 1380. The Balaban J connectivity index is 0.000000221. The second-order valence-electron chi connectivity index (χ2n) is 7.33. The molecule has 0 aliphatic rings. The fraction of sp³-hybridized carbons (Fsp3) is 0. The highest BCUT2D eigenvalue weighted by atomic mass is 16.4. The van der Waals surface area contributed by atoms with E-state index in [2.05, 4.69) is 0 Å². The standard InChI is InChI=1S/C14H8O8.C13H10O/c15-11(16)7-5-3-1-2-4-6(5)8(12(17)18)10(14(21)22)9(7)13(19)20;14-13(11-7-3-1-4-8-11)12-9-5-2-6-10-12/h1-4H,(H,15,16)(H,17,18)(H,19,20)(H,21,22);1-10H. The largest absolute Gasteiger partial charge is 0.478 e. The van der Waals surface area contributed by atoms with Gasteiger partial charge in [-0.1, -0.05) is 84.9 Å². The molecule has 0 fully saturated rings. The molecule has 4 aromatic carbocycles. The van der Waals surface area contributed by atoms with Gasteiger partial charge in [-0.25, -0.2) is 19.2 Å². The summed E-state index contributed by atoms with van der Waals surface area (Å²) in [5.41, 5.74) is -2.17. The molecule has 0 bridgehead atoms. The summed E-state index contributed by atoms with van der Waals surface area (Å²) < 4.78 is 0. The average molecular weight is 486 g/mol. The van der Waals surface area contributed by atoms with E-state index in [9.17, 15) is 44.4 Å². The number of carboxylic acid groups (broad SMARTS) is 4. The zero-order chi connectivity index (χ0) is 26.4. The molecule has 0 saturated carbocycles. The molecule has 4 rings (SSSR count). The van der Waals surface area contributed by atoms with E-state index in [1.54, 1.807) is 0 Å². The molecule has 0 unspecified atom stereocenters. The van der Waals surface area contributed by atoms with Crippen LogP contribution in [0.5, 0.6) is 0 Å². The van der Waals surface area contributed by atoms with Gasteiger partial charge in [0.1, 0.15) is 0 Å². The summed E-state index contributed by atoms with van der Waals surface area (Å²) >= 11 is 0. The molecule has 0 aliphatic carbocycles. The van der Waals surface area contributed by atoms with Crippen LogP contribution >= 0.6 is 0 Å². The van der Waals surface area contributed by atoms with E-state index < -0.39 is 46.1 Å². The van der Waals surface area contributed by atoms with Crippen LogP contribution in [0, 0.1) is 0 Å². The van der Waals surface area contributed by atoms with Crippen molar-refractivity contribution < 1.29 is 44.4 Å². The minimum atomic E-state index is -1.83. The minimum Gasteiger partial charge on any atom is -0.478 e. The van der Waals surface area contributed by atoms with Crippen LogP contribution in [0.15, 0.2) is 84.9 Å². The molecule has 4 N–H and O–H groups in total. The van der Waals surface area contributed by atoms with Crippen molar-refractivity contribution in [2.45, 2.75) is 0 Å². The summed E-state index contributed by atoms with van der Waals surface area (Å²) in [5, 5.41) is 36.6. The molecular weight excluding hydrogens is 468 g/mol. The van der Waals surface area contributed by atoms with E-state index in [0.717, 1.165) is 11.1 Å². The van der Waals surface area contributed by atoms with E-state index in [-0.39, 0.29) is 16.6 Å². The number of rotatable bonds is 6. The molecule has 180 valence electrons. The van der Waals surface area contributed by atoms with Gasteiger partial charge in [0.2, 0.25) is 0 Å². The van der Waals surface area contributed by atoms with Gasteiger partial charge in [-0.2, -0.15) is 0 Å². The van der Waals surface area contributed by atoms with Gasteiger partial charge in [0.05, 0.1) is 22.3 Å². The minimum absolute atomic E-state index is 0.0752. The molecular formula is C27H18O9. The summed E-state index contributed by atoms with van der Waals surface area (Å²) in [7, 11) is 0. The SMILES string of the molecule is O=C(O)c1c(C(=O)O)c(C(=O)O)c2ccccc2c1C(=O)O.O=C(c1ccccc1)c1ccccc1. The van der Waals surface area contributed by atoms with Crippen LogP contribution in [-0.2, 0) is 0 Å². The zero-order valence-electron chi connectivity index (χ0n) is 18.4. The van der Waals surface area contributed by atoms with Crippen LogP contribution in [0.25, 0.3) is 10.8 Å². The smallest absolute Gasteiger partial charge is 0.337 e. The maximum Gasteiger partial charge on any atom is 0.337 e. The second kappa shape index (κ2) is 10.7. The predicted octanol–water partition coefficient (Wildman–Crippen LogP) is 4.55. The fourth-order valence-corrected chi connectivity index (χ4v) is 3.66. The molecule has 9 heteroatoms. The maximum atomic E-state index is 11.8. The van der Waals surface area contributed by atoms with Crippen LogP contribution < -0.4 is 0 Å². The summed E-state index contributed by atoms with van der Waals surface area (Å²) in [5.74, 6) is -6.90. The topological polar surface area (TPSA) is 166 Å². The van der Waals surface area contributed by atoms with E-state index in [0.29, 0.717) is 0 Å². The lowest BCUT2D eigenvalue weighted by Gasteiger charge is -2.14. The predicted molar refractivity (Wildman–Crippen MR) is 128 cm³/mol. The van der Waals surface area contributed by atoms with Crippen molar-refractivity contribution in [2.75, 3.05) is 0 Å². The monoisotopic (exact) mass is 486 g/mol. The van der Waals surface area contributed by atoms with Gasteiger partial charge in [0, 0.05) is 11.1 Å². The van der Waals surface area contributed by atoms with E-state index >= 15 is 0 Å². The molecule has 0 heterocycles. The lowest BCUT2D eigenvalue weighted by atomic mass is 9.88. The number of hydrogen-bond acceptors (Lipinski definition) is 5. The highest BCUT2D eigenvalue weighted by Gasteiger charge is 2.33. The van der Waals surface area contributed by atoms with Crippen molar-refractivity contribution >= 4 is 40.4 Å². The lowest BCUT2D eigenvalue weighted by molar-refractivity contribution is 0.0621. The first-order valence-electron chi connectivity index (χ1n) is 10.3. The number of hydrogen-bond donors (Lipinski definition) is 4. The third kappa shape index (κ3) is 5.10. The van der Waals surface area contributed by atoms with Crippen LogP contribution in [0.3, 0.4) is 0 Å². The van der Waals surface area contributed by atoms with Crippen molar-refractivity contribution in [2.24, 2.45) is 0 Å². The van der Waals surface area contributed by atoms with Gasteiger partial charge in [0.15, 0.2) is 5.78 Å². The number of ketones is 1. The van der Waals surface area contributed by atoms with Crippen LogP contribution in [0.1, 0.15) is 57.4 Å². The zero-order valence-corrected chi connectivity index (χ0v) is 18.4. The number of carboxylic acids is 4. The Morgan fingerprint density at radius 2 is 0.667 bits per heavy atom. The number of carbonyl (C=O) groups is 5. The highest BCUT2D eigenvalue weighted by Crippen LogP contribution is 2.31. The molecule has 36 heavy (non-hydrogen) atoms. The van der Waals surface area contributed by atoms with Crippen LogP contribution in [-0.4, -0.2) is 50.1 Å². The first-order valence-corrected chi connectivity index (χ1v) is 10.3. The van der Waals surface area contributed by atoms with Crippen molar-refractivity contribution in [3.63, 3.8) is 0 Å². The normalized spacial score (nSPS) is 10.1. The number of carbonyl (C=O) groups excluding carboxylic acids is 1. The molecule has 0 radical (unpaired) electrons. The molecule has 0 amide bonds. The molecule has 0 aromatic heterocycles.